The molecule has 0 radical (unpaired) electrons. The standard InChI is InChI=1S/C22H21FN6O/c23-16-5-1-3-14(9-16)11-25-21-18-13-30-8-7-19(18)27-22(28-21)29-20-6-2-4-15(10-24)17(20)12-26-29/h1-6,9,12H,7-8,10-11,13,24H2,(H,25,27,28). The molecule has 0 saturated carbocycles. The molecule has 3 heterocycles. The number of nitrogens with zero attached hydrogens (tertiary/aromatic N) is 4. The maximum absolute atomic E-state index is 13.5. The summed E-state index contributed by atoms with van der Waals surface area (Å²) < 4.78 is 20.9. The van der Waals surface area contributed by atoms with Gasteiger partial charge in [0.2, 0.25) is 0 Å². The molecule has 0 bridgehead atoms. The molecule has 0 atom stereocenters. The van der Waals surface area contributed by atoms with E-state index >= 15 is 0 Å². The average Bonchev–Trinajstić information content (AvgIpc) is 3.21. The van der Waals surface area contributed by atoms with Crippen molar-refractivity contribution < 1.29 is 9.13 Å². The fourth-order valence-electron chi connectivity index (χ4n) is 3.74. The van der Waals surface area contributed by atoms with Gasteiger partial charge in [0.25, 0.3) is 5.95 Å². The van der Waals surface area contributed by atoms with Crippen LogP contribution >= 0.6 is 0 Å². The molecule has 2 aromatic heterocycles. The van der Waals surface area contributed by atoms with Crippen molar-refractivity contribution in [1.29, 1.82) is 0 Å². The van der Waals surface area contributed by atoms with E-state index in [0.717, 1.165) is 33.3 Å². The summed E-state index contributed by atoms with van der Waals surface area (Å²) in [4.78, 5) is 9.51. The van der Waals surface area contributed by atoms with E-state index in [1.807, 2.05) is 24.3 Å². The van der Waals surface area contributed by atoms with Crippen LogP contribution in [-0.2, 0) is 30.9 Å². The predicted octanol–water partition coefficient (Wildman–Crippen LogP) is 3.10. The Kier molecular flexibility index (Phi) is 4.86. The molecule has 3 N–H and O–H groups in total. The number of hydrogen-bond donors (Lipinski definition) is 2. The lowest BCUT2D eigenvalue weighted by Crippen LogP contribution is -2.19. The fourth-order valence-corrected chi connectivity index (χ4v) is 3.74. The maximum atomic E-state index is 13.5. The Bertz CT molecular complexity index is 1220. The molecule has 1 aliphatic rings. The molecule has 0 amide bonds. The summed E-state index contributed by atoms with van der Waals surface area (Å²) in [6, 6.07) is 12.4. The topological polar surface area (TPSA) is 90.9 Å². The van der Waals surface area contributed by atoms with Crippen molar-refractivity contribution in [1.82, 2.24) is 19.7 Å². The second-order valence-electron chi connectivity index (χ2n) is 7.19. The molecule has 1 aliphatic heterocycles. The number of benzene rings is 2. The molecule has 8 heteroatoms. The number of anilines is 1. The van der Waals surface area contributed by atoms with Crippen LogP contribution < -0.4 is 11.1 Å². The van der Waals surface area contributed by atoms with Crippen molar-refractivity contribution in [3.63, 3.8) is 0 Å². The second-order valence-corrected chi connectivity index (χ2v) is 7.19. The van der Waals surface area contributed by atoms with Crippen LogP contribution in [0.1, 0.15) is 22.4 Å². The van der Waals surface area contributed by atoms with Crippen LogP contribution in [0.25, 0.3) is 16.9 Å². The first kappa shape index (κ1) is 18.7. The summed E-state index contributed by atoms with van der Waals surface area (Å²) in [5.41, 5.74) is 10.5. The monoisotopic (exact) mass is 404 g/mol. The van der Waals surface area contributed by atoms with Gasteiger partial charge < -0.3 is 15.8 Å². The quantitative estimate of drug-likeness (QED) is 0.531. The molecule has 7 nitrogen and oxygen atoms in total. The third kappa shape index (κ3) is 3.40. The highest BCUT2D eigenvalue weighted by Gasteiger charge is 2.20. The summed E-state index contributed by atoms with van der Waals surface area (Å²) in [5, 5.41) is 8.84. The predicted molar refractivity (Wildman–Crippen MR) is 112 cm³/mol. The number of fused-ring (bicyclic) bond motifs is 2. The molecule has 0 spiro atoms. The molecule has 0 unspecified atom stereocenters. The average molecular weight is 404 g/mol. The Morgan fingerprint density at radius 1 is 1.17 bits per heavy atom. The molecular weight excluding hydrogens is 383 g/mol. The Labute approximate surface area is 172 Å². The van der Waals surface area contributed by atoms with Crippen LogP contribution in [0.15, 0.2) is 48.7 Å². The summed E-state index contributed by atoms with van der Waals surface area (Å²) in [6.45, 7) is 1.94. The van der Waals surface area contributed by atoms with E-state index in [4.69, 9.17) is 20.4 Å². The van der Waals surface area contributed by atoms with Crippen LogP contribution in [0.3, 0.4) is 0 Å². The van der Waals surface area contributed by atoms with E-state index in [-0.39, 0.29) is 5.82 Å². The summed E-state index contributed by atoms with van der Waals surface area (Å²) >= 11 is 0. The summed E-state index contributed by atoms with van der Waals surface area (Å²) in [6.07, 6.45) is 2.50. The van der Waals surface area contributed by atoms with E-state index in [1.54, 1.807) is 16.9 Å². The van der Waals surface area contributed by atoms with Crippen molar-refractivity contribution in [2.45, 2.75) is 26.1 Å². The van der Waals surface area contributed by atoms with Crippen LogP contribution in [0.2, 0.25) is 0 Å². The maximum Gasteiger partial charge on any atom is 0.253 e. The number of aromatic nitrogens is 4. The molecule has 5 rings (SSSR count). The van der Waals surface area contributed by atoms with Crippen molar-refractivity contribution in [3.8, 4) is 5.95 Å². The van der Waals surface area contributed by atoms with E-state index < -0.39 is 0 Å². The number of rotatable bonds is 5. The van der Waals surface area contributed by atoms with Crippen LogP contribution in [0.4, 0.5) is 10.2 Å². The van der Waals surface area contributed by atoms with Gasteiger partial charge >= 0.3 is 0 Å². The minimum atomic E-state index is -0.262. The molecule has 30 heavy (non-hydrogen) atoms. The molecule has 0 saturated heterocycles. The Morgan fingerprint density at radius 2 is 2.07 bits per heavy atom. The Hall–Kier alpha value is -3.36. The number of hydrogen-bond acceptors (Lipinski definition) is 6. The van der Waals surface area contributed by atoms with Crippen molar-refractivity contribution in [2.75, 3.05) is 11.9 Å². The first-order valence-electron chi connectivity index (χ1n) is 9.85. The lowest BCUT2D eigenvalue weighted by molar-refractivity contribution is 0.109. The highest BCUT2D eigenvalue weighted by Crippen LogP contribution is 2.26. The second kappa shape index (κ2) is 7.81. The van der Waals surface area contributed by atoms with E-state index in [0.29, 0.717) is 44.5 Å². The van der Waals surface area contributed by atoms with Gasteiger partial charge in [-0.25, -0.2) is 9.37 Å². The van der Waals surface area contributed by atoms with Gasteiger partial charge in [-0.05, 0) is 29.3 Å². The molecular formula is C22H21FN6O. The minimum Gasteiger partial charge on any atom is -0.376 e. The SMILES string of the molecule is NCc1cccc2c1cnn2-c1nc2c(c(NCc3cccc(F)c3)n1)COCC2. The first-order chi connectivity index (χ1) is 14.7. The van der Waals surface area contributed by atoms with Gasteiger partial charge in [-0.15, -0.1) is 0 Å². The number of ether oxygens (including phenoxy) is 1. The molecule has 0 fully saturated rings. The number of nitrogens with one attached hydrogen (secondary N) is 1. The normalized spacial score (nSPS) is 13.4. The fraction of sp³-hybridized carbons (Fsp3) is 0.227. The van der Waals surface area contributed by atoms with Gasteiger partial charge in [0.15, 0.2) is 0 Å². The van der Waals surface area contributed by atoms with Gasteiger partial charge in [0.05, 0.1) is 30.6 Å². The van der Waals surface area contributed by atoms with Gasteiger partial charge in [-0.1, -0.05) is 24.3 Å². The first-order valence-corrected chi connectivity index (χ1v) is 9.85. The van der Waals surface area contributed by atoms with E-state index in [2.05, 4.69) is 10.4 Å². The number of halogens is 1. The van der Waals surface area contributed by atoms with Crippen LogP contribution in [-0.4, -0.2) is 26.4 Å². The molecule has 152 valence electrons. The van der Waals surface area contributed by atoms with Gasteiger partial charge in [-0.3, -0.25) is 0 Å². The van der Waals surface area contributed by atoms with Crippen LogP contribution in [0, 0.1) is 5.82 Å². The van der Waals surface area contributed by atoms with E-state index in [1.165, 1.54) is 12.1 Å². The third-order valence-corrected chi connectivity index (χ3v) is 5.27. The van der Waals surface area contributed by atoms with E-state index in [9.17, 15) is 4.39 Å². The summed E-state index contributed by atoms with van der Waals surface area (Å²) in [7, 11) is 0. The van der Waals surface area contributed by atoms with Gasteiger partial charge in [0.1, 0.15) is 11.6 Å². The van der Waals surface area contributed by atoms with Crippen molar-refractivity contribution in [3.05, 3.63) is 76.9 Å². The minimum absolute atomic E-state index is 0.262. The third-order valence-electron chi connectivity index (χ3n) is 5.27. The molecule has 2 aromatic carbocycles. The molecule has 4 aromatic rings. The number of nitrogens with two attached hydrogens (primary N) is 1. The van der Waals surface area contributed by atoms with Crippen LogP contribution in [0.5, 0.6) is 0 Å². The highest BCUT2D eigenvalue weighted by molar-refractivity contribution is 5.83. The summed E-state index contributed by atoms with van der Waals surface area (Å²) in [5.74, 6) is 0.904. The zero-order valence-electron chi connectivity index (χ0n) is 16.3. The Balaban J connectivity index is 1.56. The smallest absolute Gasteiger partial charge is 0.253 e. The largest absolute Gasteiger partial charge is 0.376 e. The zero-order valence-corrected chi connectivity index (χ0v) is 16.3. The zero-order chi connectivity index (χ0) is 20.5. The van der Waals surface area contributed by atoms with Gasteiger partial charge in [0, 0.05) is 30.5 Å². The van der Waals surface area contributed by atoms with Crippen molar-refractivity contribution in [2.24, 2.45) is 5.73 Å². The molecule has 0 aliphatic carbocycles. The lowest BCUT2D eigenvalue weighted by atomic mass is 10.1. The highest BCUT2D eigenvalue weighted by atomic mass is 19.1. The van der Waals surface area contributed by atoms with Gasteiger partial charge in [-0.2, -0.15) is 14.8 Å². The lowest BCUT2D eigenvalue weighted by Gasteiger charge is -2.20. The van der Waals surface area contributed by atoms with Crippen molar-refractivity contribution >= 4 is 16.7 Å². The Morgan fingerprint density at radius 3 is 2.93 bits per heavy atom.